The summed E-state index contributed by atoms with van der Waals surface area (Å²) in [7, 11) is -3.19. The molecule has 0 fully saturated rings. The summed E-state index contributed by atoms with van der Waals surface area (Å²) in [6.07, 6.45) is 4.58. The van der Waals surface area contributed by atoms with E-state index in [9.17, 15) is 8.42 Å². The lowest BCUT2D eigenvalue weighted by Gasteiger charge is -2.09. The molecule has 0 atom stereocenters. The lowest BCUT2D eigenvalue weighted by atomic mass is 10.2. The predicted octanol–water partition coefficient (Wildman–Crippen LogP) is 2.14. The van der Waals surface area contributed by atoms with Gasteiger partial charge in [-0.15, -0.1) is 0 Å². The number of nitrogens with one attached hydrogen (secondary N) is 1. The number of anilines is 2. The van der Waals surface area contributed by atoms with Crippen molar-refractivity contribution in [1.82, 2.24) is 15.0 Å². The fraction of sp³-hybridized carbons (Fsp3) is 0.118. The molecule has 2 aromatic heterocycles. The van der Waals surface area contributed by atoms with Gasteiger partial charge in [-0.1, -0.05) is 12.1 Å². The molecule has 0 radical (unpaired) electrons. The Hall–Kier alpha value is -3.00. The van der Waals surface area contributed by atoms with Crippen molar-refractivity contribution in [1.29, 1.82) is 0 Å². The Kier molecular flexibility index (Phi) is 4.62. The summed E-state index contributed by atoms with van der Waals surface area (Å²) in [6.45, 7) is 0.479. The van der Waals surface area contributed by atoms with Crippen LogP contribution in [0, 0.1) is 0 Å². The van der Waals surface area contributed by atoms with Crippen LogP contribution in [-0.4, -0.2) is 29.6 Å². The monoisotopic (exact) mass is 355 g/mol. The van der Waals surface area contributed by atoms with Gasteiger partial charge in [0.15, 0.2) is 9.84 Å². The summed E-state index contributed by atoms with van der Waals surface area (Å²) in [5.41, 5.74) is 8.23. The number of benzene rings is 1. The fourth-order valence-electron chi connectivity index (χ4n) is 2.27. The number of nitrogens with two attached hydrogens (primary N) is 1. The average Bonchev–Trinajstić information content (AvgIpc) is 2.60. The lowest BCUT2D eigenvalue weighted by Crippen LogP contribution is -2.05. The SMILES string of the molecule is CS(=O)(=O)c1ccc(CNc2cc(-c3cccnc3)nc(N)n2)cc1. The Balaban J connectivity index is 1.76. The van der Waals surface area contributed by atoms with Crippen LogP contribution in [0.1, 0.15) is 5.56 Å². The zero-order valence-corrected chi connectivity index (χ0v) is 14.4. The van der Waals surface area contributed by atoms with E-state index in [1.807, 2.05) is 12.1 Å². The summed E-state index contributed by atoms with van der Waals surface area (Å²) in [5.74, 6) is 0.745. The highest BCUT2D eigenvalue weighted by Crippen LogP contribution is 2.20. The first-order valence-corrected chi connectivity index (χ1v) is 9.39. The predicted molar refractivity (Wildman–Crippen MR) is 96.6 cm³/mol. The molecule has 1 aromatic carbocycles. The molecule has 0 aliphatic rings. The van der Waals surface area contributed by atoms with Gasteiger partial charge in [0.25, 0.3) is 0 Å². The molecule has 3 aromatic rings. The zero-order chi connectivity index (χ0) is 17.9. The Morgan fingerprint density at radius 1 is 1.12 bits per heavy atom. The van der Waals surface area contributed by atoms with E-state index in [4.69, 9.17) is 5.73 Å². The number of nitrogen functional groups attached to an aromatic ring is 1. The maximum Gasteiger partial charge on any atom is 0.222 e. The third kappa shape index (κ3) is 4.30. The number of aromatic nitrogens is 3. The van der Waals surface area contributed by atoms with Gasteiger partial charge in [0, 0.05) is 36.8 Å². The Bertz CT molecular complexity index is 974. The van der Waals surface area contributed by atoms with Crippen LogP contribution in [0.4, 0.5) is 11.8 Å². The van der Waals surface area contributed by atoms with Gasteiger partial charge in [0.2, 0.25) is 5.95 Å². The van der Waals surface area contributed by atoms with Gasteiger partial charge < -0.3 is 11.1 Å². The van der Waals surface area contributed by atoms with E-state index in [1.54, 1.807) is 42.7 Å². The number of sulfone groups is 1. The van der Waals surface area contributed by atoms with Crippen molar-refractivity contribution in [3.05, 3.63) is 60.4 Å². The van der Waals surface area contributed by atoms with E-state index in [0.717, 1.165) is 11.1 Å². The molecule has 2 heterocycles. The van der Waals surface area contributed by atoms with E-state index >= 15 is 0 Å². The van der Waals surface area contributed by atoms with Gasteiger partial charge in [-0.05, 0) is 29.8 Å². The minimum atomic E-state index is -3.19. The normalized spacial score (nSPS) is 11.2. The molecule has 0 amide bonds. The van der Waals surface area contributed by atoms with E-state index in [2.05, 4.69) is 20.3 Å². The van der Waals surface area contributed by atoms with Crippen LogP contribution in [0.3, 0.4) is 0 Å². The topological polar surface area (TPSA) is 111 Å². The molecular formula is C17H17N5O2S. The number of nitrogens with zero attached hydrogens (tertiary/aromatic N) is 3. The second-order valence-corrected chi connectivity index (χ2v) is 7.52. The molecule has 0 saturated carbocycles. The maximum absolute atomic E-state index is 11.5. The zero-order valence-electron chi connectivity index (χ0n) is 13.5. The highest BCUT2D eigenvalue weighted by Gasteiger charge is 2.07. The average molecular weight is 355 g/mol. The lowest BCUT2D eigenvalue weighted by molar-refractivity contribution is 0.602. The summed E-state index contributed by atoms with van der Waals surface area (Å²) in [6, 6.07) is 12.2. The minimum Gasteiger partial charge on any atom is -0.368 e. The summed E-state index contributed by atoms with van der Waals surface area (Å²) < 4.78 is 23.0. The number of rotatable bonds is 5. The molecule has 8 heteroatoms. The second-order valence-electron chi connectivity index (χ2n) is 5.51. The smallest absolute Gasteiger partial charge is 0.222 e. The number of pyridine rings is 1. The molecule has 0 saturated heterocycles. The van der Waals surface area contributed by atoms with Gasteiger partial charge in [0.05, 0.1) is 10.6 Å². The summed E-state index contributed by atoms with van der Waals surface area (Å²) in [4.78, 5) is 12.8. The first kappa shape index (κ1) is 16.8. The van der Waals surface area contributed by atoms with Crippen LogP contribution in [0.25, 0.3) is 11.3 Å². The van der Waals surface area contributed by atoms with Gasteiger partial charge in [-0.25, -0.2) is 13.4 Å². The standard InChI is InChI=1S/C17H17N5O2S/c1-25(23,24)14-6-4-12(5-7-14)10-20-16-9-15(21-17(18)22-16)13-3-2-8-19-11-13/h2-9,11H,10H2,1H3,(H3,18,20,21,22). The van der Waals surface area contributed by atoms with Crippen molar-refractivity contribution in [3.8, 4) is 11.3 Å². The van der Waals surface area contributed by atoms with Crippen LogP contribution >= 0.6 is 0 Å². The molecule has 0 unspecified atom stereocenters. The van der Waals surface area contributed by atoms with Crippen molar-refractivity contribution >= 4 is 21.6 Å². The molecule has 0 bridgehead atoms. The van der Waals surface area contributed by atoms with Crippen molar-refractivity contribution in [2.24, 2.45) is 0 Å². The molecule has 0 aliphatic heterocycles. The number of hydrogen-bond donors (Lipinski definition) is 2. The first-order valence-electron chi connectivity index (χ1n) is 7.50. The minimum absolute atomic E-state index is 0.163. The maximum atomic E-state index is 11.5. The van der Waals surface area contributed by atoms with Crippen molar-refractivity contribution in [2.45, 2.75) is 11.4 Å². The van der Waals surface area contributed by atoms with Gasteiger partial charge >= 0.3 is 0 Å². The molecule has 3 rings (SSSR count). The van der Waals surface area contributed by atoms with E-state index in [-0.39, 0.29) is 5.95 Å². The summed E-state index contributed by atoms with van der Waals surface area (Å²) in [5, 5.41) is 3.17. The largest absolute Gasteiger partial charge is 0.368 e. The van der Waals surface area contributed by atoms with Crippen LogP contribution in [0.15, 0.2) is 59.8 Å². The fourth-order valence-corrected chi connectivity index (χ4v) is 2.90. The van der Waals surface area contributed by atoms with Crippen molar-refractivity contribution < 1.29 is 8.42 Å². The molecule has 3 N–H and O–H groups in total. The van der Waals surface area contributed by atoms with Crippen LogP contribution in [-0.2, 0) is 16.4 Å². The Morgan fingerprint density at radius 2 is 1.88 bits per heavy atom. The molecular weight excluding hydrogens is 338 g/mol. The van der Waals surface area contributed by atoms with E-state index < -0.39 is 9.84 Å². The molecule has 128 valence electrons. The molecule has 0 spiro atoms. The molecule has 25 heavy (non-hydrogen) atoms. The van der Waals surface area contributed by atoms with Crippen LogP contribution in [0.5, 0.6) is 0 Å². The highest BCUT2D eigenvalue weighted by molar-refractivity contribution is 7.90. The Labute approximate surface area is 145 Å². The second kappa shape index (κ2) is 6.86. The van der Waals surface area contributed by atoms with Gasteiger partial charge in [-0.2, -0.15) is 4.98 Å². The van der Waals surface area contributed by atoms with Crippen LogP contribution < -0.4 is 11.1 Å². The first-order chi connectivity index (χ1) is 11.9. The molecule has 7 nitrogen and oxygen atoms in total. The quantitative estimate of drug-likeness (QED) is 0.721. The third-order valence-corrected chi connectivity index (χ3v) is 4.65. The van der Waals surface area contributed by atoms with E-state index in [0.29, 0.717) is 23.0 Å². The number of hydrogen-bond acceptors (Lipinski definition) is 7. The molecule has 0 aliphatic carbocycles. The van der Waals surface area contributed by atoms with E-state index in [1.165, 1.54) is 6.26 Å². The highest BCUT2D eigenvalue weighted by atomic mass is 32.2. The third-order valence-electron chi connectivity index (χ3n) is 3.53. The van der Waals surface area contributed by atoms with Gasteiger partial charge in [-0.3, -0.25) is 4.98 Å². The van der Waals surface area contributed by atoms with Crippen molar-refractivity contribution in [3.63, 3.8) is 0 Å². The van der Waals surface area contributed by atoms with Crippen LogP contribution in [0.2, 0.25) is 0 Å². The summed E-state index contributed by atoms with van der Waals surface area (Å²) >= 11 is 0. The Morgan fingerprint density at radius 3 is 2.52 bits per heavy atom. The van der Waals surface area contributed by atoms with Crippen molar-refractivity contribution in [2.75, 3.05) is 17.3 Å². The van der Waals surface area contributed by atoms with Gasteiger partial charge in [0.1, 0.15) is 5.82 Å².